The fourth-order valence-electron chi connectivity index (χ4n) is 3.36. The standard InChI is InChI=1S/C19H26ClFN2O2/c1-2-12-23(17(24)13-20)18(14-8-10-15(21)11-9-14)19(25)22-16-6-4-3-5-7-16/h8-11,16,18H,2-7,12-13H2,1H3,(H,22,25)/t18-/m1/s1. The molecule has 0 spiro atoms. The number of nitrogens with one attached hydrogen (secondary N) is 1. The average Bonchev–Trinajstić information content (AvgIpc) is 2.63. The lowest BCUT2D eigenvalue weighted by Gasteiger charge is -2.33. The van der Waals surface area contributed by atoms with Crippen LogP contribution in [0.15, 0.2) is 24.3 Å². The summed E-state index contributed by atoms with van der Waals surface area (Å²) < 4.78 is 13.3. The van der Waals surface area contributed by atoms with Crippen LogP contribution in [0.25, 0.3) is 0 Å². The predicted molar refractivity (Wildman–Crippen MR) is 96.9 cm³/mol. The van der Waals surface area contributed by atoms with E-state index >= 15 is 0 Å². The van der Waals surface area contributed by atoms with Crippen molar-refractivity contribution in [1.29, 1.82) is 0 Å². The summed E-state index contributed by atoms with van der Waals surface area (Å²) in [6.45, 7) is 2.36. The van der Waals surface area contributed by atoms with E-state index in [9.17, 15) is 14.0 Å². The molecule has 138 valence electrons. The molecule has 1 saturated carbocycles. The van der Waals surface area contributed by atoms with Gasteiger partial charge in [-0.25, -0.2) is 4.39 Å². The van der Waals surface area contributed by atoms with E-state index in [4.69, 9.17) is 11.6 Å². The van der Waals surface area contributed by atoms with Gasteiger partial charge in [-0.2, -0.15) is 0 Å². The van der Waals surface area contributed by atoms with Gasteiger partial charge >= 0.3 is 0 Å². The van der Waals surface area contributed by atoms with Crippen LogP contribution in [0, 0.1) is 5.82 Å². The van der Waals surface area contributed by atoms with E-state index in [0.717, 1.165) is 25.7 Å². The van der Waals surface area contributed by atoms with Crippen LogP contribution in [0.3, 0.4) is 0 Å². The van der Waals surface area contributed by atoms with Crippen LogP contribution in [0.4, 0.5) is 4.39 Å². The lowest BCUT2D eigenvalue weighted by Crippen LogP contribution is -2.47. The van der Waals surface area contributed by atoms with Gasteiger partial charge in [-0.3, -0.25) is 9.59 Å². The Hall–Kier alpha value is -1.62. The number of carbonyl (C=O) groups is 2. The summed E-state index contributed by atoms with van der Waals surface area (Å²) in [6.07, 6.45) is 6.02. The third-order valence-electron chi connectivity index (χ3n) is 4.60. The molecule has 2 rings (SSSR count). The number of carbonyl (C=O) groups excluding carboxylic acids is 2. The largest absolute Gasteiger partial charge is 0.351 e. The molecule has 6 heteroatoms. The van der Waals surface area contributed by atoms with Gasteiger partial charge in [0.2, 0.25) is 11.8 Å². The van der Waals surface area contributed by atoms with Gasteiger partial charge in [-0.1, -0.05) is 38.3 Å². The van der Waals surface area contributed by atoms with E-state index in [1.807, 2.05) is 6.92 Å². The molecule has 0 heterocycles. The fourth-order valence-corrected chi connectivity index (χ4v) is 3.51. The maximum atomic E-state index is 13.3. The molecule has 2 amide bonds. The van der Waals surface area contributed by atoms with E-state index in [-0.39, 0.29) is 29.6 Å². The molecule has 1 aromatic carbocycles. The van der Waals surface area contributed by atoms with Gasteiger partial charge in [0, 0.05) is 12.6 Å². The minimum absolute atomic E-state index is 0.138. The molecule has 0 bridgehead atoms. The molecule has 1 fully saturated rings. The summed E-state index contributed by atoms with van der Waals surface area (Å²) in [4.78, 5) is 26.8. The highest BCUT2D eigenvalue weighted by atomic mass is 35.5. The van der Waals surface area contributed by atoms with Crippen LogP contribution in [0.5, 0.6) is 0 Å². The highest BCUT2D eigenvalue weighted by Crippen LogP contribution is 2.25. The number of nitrogens with zero attached hydrogens (tertiary/aromatic N) is 1. The molecule has 1 N–H and O–H groups in total. The number of hydrogen-bond acceptors (Lipinski definition) is 2. The van der Waals surface area contributed by atoms with Crippen molar-refractivity contribution in [3.05, 3.63) is 35.6 Å². The van der Waals surface area contributed by atoms with Gasteiger partial charge < -0.3 is 10.2 Å². The Kier molecular flexibility index (Phi) is 7.69. The molecule has 0 unspecified atom stereocenters. The first-order valence-corrected chi connectivity index (χ1v) is 9.51. The summed E-state index contributed by atoms with van der Waals surface area (Å²) in [5.41, 5.74) is 0.599. The highest BCUT2D eigenvalue weighted by molar-refractivity contribution is 6.27. The lowest BCUT2D eigenvalue weighted by molar-refractivity contribution is -0.139. The summed E-state index contributed by atoms with van der Waals surface area (Å²) in [7, 11) is 0. The number of rotatable bonds is 7. The Bertz CT molecular complexity index is 573. The average molecular weight is 369 g/mol. The predicted octanol–water partition coefficient (Wildman–Crippen LogP) is 3.79. The maximum absolute atomic E-state index is 13.3. The van der Waals surface area contributed by atoms with Crippen molar-refractivity contribution in [2.24, 2.45) is 0 Å². The lowest BCUT2D eigenvalue weighted by atomic mass is 9.94. The van der Waals surface area contributed by atoms with E-state index in [1.54, 1.807) is 12.1 Å². The molecule has 0 saturated heterocycles. The number of alkyl halides is 1. The molecule has 1 aliphatic rings. The zero-order valence-electron chi connectivity index (χ0n) is 14.6. The Morgan fingerprint density at radius 2 is 1.88 bits per heavy atom. The van der Waals surface area contributed by atoms with Gasteiger partial charge in [0.25, 0.3) is 0 Å². The Balaban J connectivity index is 2.27. The van der Waals surface area contributed by atoms with Crippen molar-refractivity contribution in [1.82, 2.24) is 10.2 Å². The first-order valence-electron chi connectivity index (χ1n) is 8.98. The quantitative estimate of drug-likeness (QED) is 0.744. The number of amides is 2. The van der Waals surface area contributed by atoms with Gasteiger partial charge in [-0.15, -0.1) is 11.6 Å². The second kappa shape index (κ2) is 9.76. The molecule has 0 radical (unpaired) electrons. The Labute approximate surface area is 153 Å². The number of halogens is 2. The monoisotopic (exact) mass is 368 g/mol. The van der Waals surface area contributed by atoms with E-state index in [1.165, 1.54) is 23.5 Å². The zero-order valence-corrected chi connectivity index (χ0v) is 15.4. The molecule has 1 aliphatic carbocycles. The smallest absolute Gasteiger partial charge is 0.247 e. The first kappa shape index (κ1) is 19.7. The van der Waals surface area contributed by atoms with Crippen LogP contribution in [0.1, 0.15) is 57.1 Å². The van der Waals surface area contributed by atoms with Crippen LogP contribution < -0.4 is 5.32 Å². The van der Waals surface area contributed by atoms with E-state index in [2.05, 4.69) is 5.32 Å². The van der Waals surface area contributed by atoms with Gasteiger partial charge in [0.15, 0.2) is 0 Å². The molecule has 0 aliphatic heterocycles. The van der Waals surface area contributed by atoms with Crippen molar-refractivity contribution in [3.63, 3.8) is 0 Å². The SMILES string of the molecule is CCCN(C(=O)CCl)[C@@H](C(=O)NC1CCCCC1)c1ccc(F)cc1. The third kappa shape index (κ3) is 5.43. The normalized spacial score (nSPS) is 16.3. The summed E-state index contributed by atoms with van der Waals surface area (Å²) >= 11 is 5.75. The van der Waals surface area contributed by atoms with Crippen molar-refractivity contribution in [2.75, 3.05) is 12.4 Å². The van der Waals surface area contributed by atoms with E-state index in [0.29, 0.717) is 18.5 Å². The maximum Gasteiger partial charge on any atom is 0.247 e. The van der Waals surface area contributed by atoms with Crippen LogP contribution >= 0.6 is 11.6 Å². The van der Waals surface area contributed by atoms with Gasteiger partial charge in [0.1, 0.15) is 17.7 Å². The zero-order chi connectivity index (χ0) is 18.2. The molecular formula is C19H26ClFN2O2. The van der Waals surface area contributed by atoms with Crippen molar-refractivity contribution in [2.45, 2.75) is 57.5 Å². The van der Waals surface area contributed by atoms with Crippen molar-refractivity contribution in [3.8, 4) is 0 Å². The topological polar surface area (TPSA) is 49.4 Å². The summed E-state index contributed by atoms with van der Waals surface area (Å²) in [6, 6.07) is 5.10. The molecule has 25 heavy (non-hydrogen) atoms. The fraction of sp³-hybridized carbons (Fsp3) is 0.579. The Morgan fingerprint density at radius 3 is 2.44 bits per heavy atom. The van der Waals surface area contributed by atoms with Crippen molar-refractivity contribution < 1.29 is 14.0 Å². The highest BCUT2D eigenvalue weighted by Gasteiger charge is 2.32. The third-order valence-corrected chi connectivity index (χ3v) is 4.83. The summed E-state index contributed by atoms with van der Waals surface area (Å²) in [5.74, 6) is -1.07. The van der Waals surface area contributed by atoms with E-state index < -0.39 is 6.04 Å². The number of hydrogen-bond donors (Lipinski definition) is 1. The molecular weight excluding hydrogens is 343 g/mol. The van der Waals surface area contributed by atoms with Crippen LogP contribution in [-0.2, 0) is 9.59 Å². The molecule has 1 aromatic rings. The summed E-state index contributed by atoms with van der Waals surface area (Å²) in [5, 5.41) is 3.08. The number of benzene rings is 1. The van der Waals surface area contributed by atoms with Gasteiger partial charge in [0.05, 0.1) is 0 Å². The Morgan fingerprint density at radius 1 is 1.24 bits per heavy atom. The second-order valence-electron chi connectivity index (χ2n) is 6.52. The van der Waals surface area contributed by atoms with Gasteiger partial charge in [-0.05, 0) is 37.0 Å². The molecule has 0 aromatic heterocycles. The minimum Gasteiger partial charge on any atom is -0.351 e. The minimum atomic E-state index is -0.784. The van der Waals surface area contributed by atoms with Crippen LogP contribution in [0.2, 0.25) is 0 Å². The van der Waals surface area contributed by atoms with Crippen molar-refractivity contribution >= 4 is 23.4 Å². The first-order chi connectivity index (χ1) is 12.1. The second-order valence-corrected chi connectivity index (χ2v) is 6.79. The molecule has 1 atom stereocenters. The molecule has 4 nitrogen and oxygen atoms in total. The van der Waals surface area contributed by atoms with Crippen LogP contribution in [-0.4, -0.2) is 35.2 Å².